The Labute approximate surface area is 86.4 Å². The third-order valence-electron chi connectivity index (χ3n) is 2.09. The number of nitriles is 2. The highest BCUT2D eigenvalue weighted by Crippen LogP contribution is 2.24. The highest BCUT2D eigenvalue weighted by atomic mass is 19.2. The van der Waals surface area contributed by atoms with E-state index < -0.39 is 11.6 Å². The highest BCUT2D eigenvalue weighted by Gasteiger charge is 2.13. The summed E-state index contributed by atoms with van der Waals surface area (Å²) in [6.07, 6.45) is 0.247. The number of benzene rings is 1. The summed E-state index contributed by atoms with van der Waals surface area (Å²) < 4.78 is 25.5. The minimum Gasteiger partial charge on any atom is -0.204 e. The van der Waals surface area contributed by atoms with Gasteiger partial charge in [0.2, 0.25) is 0 Å². The van der Waals surface area contributed by atoms with E-state index in [2.05, 4.69) is 0 Å². The molecule has 76 valence electrons. The third kappa shape index (κ3) is 2.75. The van der Waals surface area contributed by atoms with E-state index in [4.69, 9.17) is 10.5 Å². The van der Waals surface area contributed by atoms with E-state index in [0.29, 0.717) is 5.56 Å². The Morgan fingerprint density at radius 3 is 2.13 bits per heavy atom. The maximum atomic E-state index is 12.9. The maximum Gasteiger partial charge on any atom is 0.159 e. The molecular formula is C11H8F2N2. The molecule has 0 aliphatic carbocycles. The van der Waals surface area contributed by atoms with Crippen molar-refractivity contribution in [3.05, 3.63) is 35.4 Å². The molecule has 2 nitrogen and oxygen atoms in total. The average molecular weight is 206 g/mol. The van der Waals surface area contributed by atoms with Gasteiger partial charge < -0.3 is 0 Å². The molecule has 1 aromatic carbocycles. The first-order valence-corrected chi connectivity index (χ1v) is 4.38. The summed E-state index contributed by atoms with van der Waals surface area (Å²) in [4.78, 5) is 0. The summed E-state index contributed by atoms with van der Waals surface area (Å²) in [7, 11) is 0. The molecule has 1 rings (SSSR count). The molecule has 0 aromatic heterocycles. The minimum absolute atomic E-state index is 0.124. The molecule has 0 saturated heterocycles. The number of rotatable bonds is 3. The lowest BCUT2D eigenvalue weighted by molar-refractivity contribution is 0.505. The van der Waals surface area contributed by atoms with E-state index in [9.17, 15) is 8.78 Å². The van der Waals surface area contributed by atoms with Crippen LogP contribution < -0.4 is 0 Å². The van der Waals surface area contributed by atoms with Crippen molar-refractivity contribution in [3.63, 3.8) is 0 Å². The summed E-state index contributed by atoms with van der Waals surface area (Å²) in [5, 5.41) is 17.0. The molecule has 0 bridgehead atoms. The van der Waals surface area contributed by atoms with Crippen LogP contribution in [0.1, 0.15) is 24.3 Å². The Morgan fingerprint density at radius 2 is 1.67 bits per heavy atom. The van der Waals surface area contributed by atoms with E-state index >= 15 is 0 Å². The zero-order valence-electron chi connectivity index (χ0n) is 7.87. The molecular weight excluding hydrogens is 198 g/mol. The van der Waals surface area contributed by atoms with Crippen LogP contribution in [0.3, 0.4) is 0 Å². The predicted molar refractivity (Wildman–Crippen MR) is 49.6 cm³/mol. The van der Waals surface area contributed by atoms with Gasteiger partial charge in [0.25, 0.3) is 0 Å². The van der Waals surface area contributed by atoms with E-state index in [-0.39, 0.29) is 18.8 Å². The van der Waals surface area contributed by atoms with Gasteiger partial charge in [-0.1, -0.05) is 6.07 Å². The van der Waals surface area contributed by atoms with Crippen molar-refractivity contribution >= 4 is 0 Å². The Kier molecular flexibility index (Phi) is 3.76. The Morgan fingerprint density at radius 1 is 1.07 bits per heavy atom. The Balaban J connectivity index is 2.97. The number of halogens is 2. The predicted octanol–water partition coefficient (Wildman–Crippen LogP) is 2.88. The topological polar surface area (TPSA) is 47.6 Å². The van der Waals surface area contributed by atoms with E-state index in [1.54, 1.807) is 0 Å². The zero-order chi connectivity index (χ0) is 11.3. The lowest BCUT2D eigenvalue weighted by Gasteiger charge is -2.09. The highest BCUT2D eigenvalue weighted by molar-refractivity contribution is 5.23. The van der Waals surface area contributed by atoms with Gasteiger partial charge in [0, 0.05) is 18.8 Å². The van der Waals surface area contributed by atoms with Crippen LogP contribution in [0.25, 0.3) is 0 Å². The largest absolute Gasteiger partial charge is 0.204 e. The van der Waals surface area contributed by atoms with Gasteiger partial charge >= 0.3 is 0 Å². The zero-order valence-corrected chi connectivity index (χ0v) is 7.87. The van der Waals surface area contributed by atoms with Crippen LogP contribution in [-0.2, 0) is 0 Å². The van der Waals surface area contributed by atoms with Crippen molar-refractivity contribution in [1.82, 2.24) is 0 Å². The molecule has 0 N–H and O–H groups in total. The lowest BCUT2D eigenvalue weighted by Crippen LogP contribution is -1.98. The van der Waals surface area contributed by atoms with Gasteiger partial charge in [-0.3, -0.25) is 0 Å². The van der Waals surface area contributed by atoms with Gasteiger partial charge in [0.1, 0.15) is 0 Å². The molecule has 0 aliphatic rings. The quantitative estimate of drug-likeness (QED) is 0.763. The van der Waals surface area contributed by atoms with Crippen LogP contribution in [0.15, 0.2) is 18.2 Å². The summed E-state index contributed by atoms with van der Waals surface area (Å²) >= 11 is 0. The molecule has 0 spiro atoms. The van der Waals surface area contributed by atoms with Crippen LogP contribution in [0.2, 0.25) is 0 Å². The molecule has 1 aromatic rings. The van der Waals surface area contributed by atoms with E-state index in [0.717, 1.165) is 12.1 Å². The maximum absolute atomic E-state index is 12.9. The van der Waals surface area contributed by atoms with Gasteiger partial charge in [-0.05, 0) is 17.7 Å². The first-order chi connectivity index (χ1) is 7.19. The first kappa shape index (κ1) is 11.1. The first-order valence-electron chi connectivity index (χ1n) is 4.38. The molecule has 0 saturated carbocycles. The van der Waals surface area contributed by atoms with Gasteiger partial charge in [-0.15, -0.1) is 0 Å². The second-order valence-electron chi connectivity index (χ2n) is 3.09. The fraction of sp³-hybridized carbons (Fsp3) is 0.273. The molecule has 0 unspecified atom stereocenters. The van der Waals surface area contributed by atoms with Crippen molar-refractivity contribution in [2.75, 3.05) is 0 Å². The van der Waals surface area contributed by atoms with Crippen molar-refractivity contribution < 1.29 is 8.78 Å². The molecule has 0 amide bonds. The van der Waals surface area contributed by atoms with Crippen LogP contribution in [-0.4, -0.2) is 0 Å². The summed E-state index contributed by atoms with van der Waals surface area (Å²) in [6.45, 7) is 0. The second kappa shape index (κ2) is 5.07. The summed E-state index contributed by atoms with van der Waals surface area (Å²) in [5.41, 5.74) is 0.483. The van der Waals surface area contributed by atoms with E-state index in [1.807, 2.05) is 12.1 Å². The average Bonchev–Trinajstić information content (AvgIpc) is 2.22. The Hall–Kier alpha value is -1.94. The molecule has 0 heterocycles. The standard InChI is InChI=1S/C11H8F2N2/c12-10-2-1-9(7-11(10)13)8(3-5-14)4-6-15/h1-2,7-8H,3-4H2. The number of hydrogen-bond acceptors (Lipinski definition) is 2. The molecule has 4 heteroatoms. The van der Waals surface area contributed by atoms with Gasteiger partial charge in [-0.2, -0.15) is 10.5 Å². The van der Waals surface area contributed by atoms with Gasteiger partial charge in [0.15, 0.2) is 11.6 Å². The second-order valence-corrected chi connectivity index (χ2v) is 3.09. The smallest absolute Gasteiger partial charge is 0.159 e. The van der Waals surface area contributed by atoms with Crippen LogP contribution in [0.4, 0.5) is 8.78 Å². The van der Waals surface area contributed by atoms with Crippen LogP contribution >= 0.6 is 0 Å². The summed E-state index contributed by atoms with van der Waals surface area (Å²) in [6, 6.07) is 7.28. The van der Waals surface area contributed by atoms with Crippen LogP contribution in [0, 0.1) is 34.3 Å². The molecule has 0 fully saturated rings. The van der Waals surface area contributed by atoms with Gasteiger partial charge in [-0.25, -0.2) is 8.78 Å². The molecule has 15 heavy (non-hydrogen) atoms. The SMILES string of the molecule is N#CCC(CC#N)c1ccc(F)c(F)c1. The van der Waals surface area contributed by atoms with Crippen molar-refractivity contribution in [2.45, 2.75) is 18.8 Å². The fourth-order valence-corrected chi connectivity index (χ4v) is 1.29. The number of hydrogen-bond donors (Lipinski definition) is 0. The molecule has 0 aliphatic heterocycles. The van der Waals surface area contributed by atoms with E-state index in [1.165, 1.54) is 6.07 Å². The molecule has 0 radical (unpaired) electrons. The lowest BCUT2D eigenvalue weighted by atomic mass is 9.93. The fourth-order valence-electron chi connectivity index (χ4n) is 1.29. The van der Waals surface area contributed by atoms with Crippen molar-refractivity contribution in [3.8, 4) is 12.1 Å². The monoisotopic (exact) mass is 206 g/mol. The van der Waals surface area contributed by atoms with Gasteiger partial charge in [0.05, 0.1) is 12.1 Å². The Bertz CT molecular complexity index is 413. The molecule has 0 atom stereocenters. The normalized spacial score (nSPS) is 9.67. The number of nitrogens with zero attached hydrogens (tertiary/aromatic N) is 2. The van der Waals surface area contributed by atoms with Crippen molar-refractivity contribution in [1.29, 1.82) is 10.5 Å². The minimum atomic E-state index is -0.951. The van der Waals surface area contributed by atoms with Crippen LogP contribution in [0.5, 0.6) is 0 Å². The third-order valence-corrected chi connectivity index (χ3v) is 2.09. The van der Waals surface area contributed by atoms with Crippen molar-refractivity contribution in [2.24, 2.45) is 0 Å². The summed E-state index contributed by atoms with van der Waals surface area (Å²) in [5.74, 6) is -2.23.